The van der Waals surface area contributed by atoms with Crippen LogP contribution in [-0.4, -0.2) is 74.8 Å². The average molecular weight is 775 g/mol. The highest BCUT2D eigenvalue weighted by molar-refractivity contribution is 8.00. The lowest BCUT2D eigenvalue weighted by Gasteiger charge is -2.21. The second-order valence-electron chi connectivity index (χ2n) is 13.6. The van der Waals surface area contributed by atoms with Crippen LogP contribution in [-0.2, 0) is 38.3 Å². The Morgan fingerprint density at radius 1 is 0.769 bits per heavy atom. The third kappa shape index (κ3) is 17.5. The number of carbonyl (C=O) groups excluding carboxylic acids is 4. The average Bonchev–Trinajstić information content (AvgIpc) is 3.47. The van der Waals surface area contributed by atoms with Crippen molar-refractivity contribution < 1.29 is 28.7 Å². The van der Waals surface area contributed by atoms with Gasteiger partial charge < -0.3 is 25.8 Å². The van der Waals surface area contributed by atoms with Gasteiger partial charge in [0.2, 0.25) is 16.9 Å². The second-order valence-corrected chi connectivity index (χ2v) is 17.2. The fourth-order valence-corrected chi connectivity index (χ4v) is 7.20. The van der Waals surface area contributed by atoms with Crippen LogP contribution in [0.5, 0.6) is 0 Å². The topological polar surface area (TPSA) is 199 Å². The lowest BCUT2D eigenvalue weighted by atomic mass is 10.1. The summed E-state index contributed by atoms with van der Waals surface area (Å²) in [6, 6.07) is 14.0. The van der Waals surface area contributed by atoms with E-state index in [0.717, 1.165) is 34.1 Å². The summed E-state index contributed by atoms with van der Waals surface area (Å²) in [6.07, 6.45) is 0.700. The molecule has 0 saturated heterocycles. The van der Waals surface area contributed by atoms with Gasteiger partial charge in [-0.3, -0.25) is 25.5 Å². The number of anilines is 3. The van der Waals surface area contributed by atoms with Gasteiger partial charge in [0.05, 0.1) is 18.2 Å². The van der Waals surface area contributed by atoms with Gasteiger partial charge in [-0.05, 0) is 102 Å². The molecule has 2 aromatic carbocycles. The molecule has 1 aromatic heterocycles. The van der Waals surface area contributed by atoms with E-state index in [4.69, 9.17) is 15.2 Å². The molecule has 0 aliphatic rings. The summed E-state index contributed by atoms with van der Waals surface area (Å²) in [5.74, 6) is 1.28. The van der Waals surface area contributed by atoms with Crippen LogP contribution < -0.4 is 32.3 Å². The van der Waals surface area contributed by atoms with Crippen molar-refractivity contribution in [3.63, 3.8) is 0 Å². The fourth-order valence-electron chi connectivity index (χ4n) is 4.27. The number of nitrogens with zero attached hydrogens (tertiary/aromatic N) is 2. The molecule has 2 atom stereocenters. The summed E-state index contributed by atoms with van der Waals surface area (Å²) in [7, 11) is 1.76. The van der Waals surface area contributed by atoms with E-state index >= 15 is 0 Å². The number of nitrogens with one attached hydrogen (secondary N) is 5. The molecule has 0 spiro atoms. The molecule has 7 N–H and O–H groups in total. The molecule has 0 aliphatic carbocycles. The van der Waals surface area contributed by atoms with Crippen LogP contribution in [0, 0.1) is 0 Å². The molecule has 0 bridgehead atoms. The summed E-state index contributed by atoms with van der Waals surface area (Å²) in [5, 5.41) is 23.6. The van der Waals surface area contributed by atoms with E-state index in [1.54, 1.807) is 109 Å². The van der Waals surface area contributed by atoms with E-state index in [1.165, 1.54) is 23.1 Å². The van der Waals surface area contributed by atoms with Crippen molar-refractivity contribution in [3.05, 3.63) is 64.7 Å². The highest BCUT2D eigenvalue weighted by Gasteiger charge is 2.19. The third-order valence-corrected chi connectivity index (χ3v) is 9.64. The molecule has 0 aliphatic heterocycles. The summed E-state index contributed by atoms with van der Waals surface area (Å²) < 4.78 is 10.5. The largest absolute Gasteiger partial charge is 0.444 e. The number of nitrogens with two attached hydrogens (primary N) is 1. The number of hydrogen-bond acceptors (Lipinski definition) is 13. The van der Waals surface area contributed by atoms with E-state index < -0.39 is 23.4 Å². The minimum absolute atomic E-state index is 0.151. The molecule has 3 aromatic rings. The predicted octanol–water partition coefficient (Wildman–Crippen LogP) is 5.96. The van der Waals surface area contributed by atoms with Gasteiger partial charge in [0, 0.05) is 17.8 Å². The van der Waals surface area contributed by atoms with Crippen molar-refractivity contribution in [2.75, 3.05) is 34.5 Å². The van der Waals surface area contributed by atoms with Gasteiger partial charge in [-0.15, -0.1) is 22.0 Å². The third-order valence-electron chi connectivity index (χ3n) is 6.51. The lowest BCUT2D eigenvalue weighted by molar-refractivity contribution is -0.120. The monoisotopic (exact) mass is 774 g/mol. The zero-order valence-corrected chi connectivity index (χ0v) is 33.1. The molecule has 284 valence electrons. The minimum Gasteiger partial charge on any atom is -0.444 e. The number of carbonyl (C=O) groups is 4. The van der Waals surface area contributed by atoms with Crippen molar-refractivity contribution in [1.82, 2.24) is 20.8 Å². The number of ether oxygens (including phenoxy) is 2. The quantitative estimate of drug-likeness (QED) is 0.0696. The van der Waals surface area contributed by atoms with E-state index in [0.29, 0.717) is 22.9 Å². The van der Waals surface area contributed by atoms with Crippen LogP contribution in [0.1, 0.15) is 64.1 Å². The van der Waals surface area contributed by atoms with Crippen LogP contribution in [0.15, 0.2) is 48.5 Å². The Bertz CT molecular complexity index is 1610. The normalized spacial score (nSPS) is 12.7. The SMILES string of the molecule is CNC(NC(=O)Cc1ccc(NC(=O)OC(C)(C)C)cc1)SC(N)CCSCCc1nnc(NC(=O)Cc2ccc(NC(=O)OC(C)(C)C)cc2)s1. The molecule has 0 saturated carbocycles. The van der Waals surface area contributed by atoms with Gasteiger partial charge in [-0.25, -0.2) is 9.59 Å². The zero-order valence-electron chi connectivity index (χ0n) is 30.7. The Morgan fingerprint density at radius 3 is 1.79 bits per heavy atom. The van der Waals surface area contributed by atoms with Crippen molar-refractivity contribution in [3.8, 4) is 0 Å². The molecule has 2 unspecified atom stereocenters. The second kappa shape index (κ2) is 20.4. The number of aryl methyl sites for hydroxylation is 1. The number of benzene rings is 2. The number of rotatable bonds is 17. The van der Waals surface area contributed by atoms with Crippen LogP contribution in [0.25, 0.3) is 0 Å². The van der Waals surface area contributed by atoms with E-state index in [1.807, 2.05) is 0 Å². The Morgan fingerprint density at radius 2 is 1.29 bits per heavy atom. The molecule has 17 heteroatoms. The molecule has 1 heterocycles. The van der Waals surface area contributed by atoms with Crippen LogP contribution in [0.2, 0.25) is 0 Å². The maximum atomic E-state index is 12.7. The zero-order chi connectivity index (χ0) is 38.3. The first-order valence-electron chi connectivity index (χ1n) is 16.7. The van der Waals surface area contributed by atoms with Gasteiger partial charge in [-0.2, -0.15) is 11.8 Å². The van der Waals surface area contributed by atoms with Gasteiger partial charge in [0.15, 0.2) is 0 Å². The lowest BCUT2D eigenvalue weighted by Crippen LogP contribution is -2.44. The molecule has 0 radical (unpaired) electrons. The number of amides is 4. The van der Waals surface area contributed by atoms with Crippen molar-refractivity contribution in [1.29, 1.82) is 0 Å². The van der Waals surface area contributed by atoms with Crippen molar-refractivity contribution in [2.24, 2.45) is 5.73 Å². The highest BCUT2D eigenvalue weighted by atomic mass is 32.2. The van der Waals surface area contributed by atoms with E-state index in [9.17, 15) is 19.2 Å². The van der Waals surface area contributed by atoms with Crippen LogP contribution >= 0.6 is 34.9 Å². The Hall–Kier alpha value is -3.90. The van der Waals surface area contributed by atoms with Crippen LogP contribution in [0.3, 0.4) is 0 Å². The molecular formula is C35H50N8O6S3. The maximum Gasteiger partial charge on any atom is 0.412 e. The molecule has 52 heavy (non-hydrogen) atoms. The Balaban J connectivity index is 1.30. The molecular weight excluding hydrogens is 725 g/mol. The Labute approximate surface area is 317 Å². The fraction of sp³-hybridized carbons (Fsp3) is 0.486. The first kappa shape index (κ1) is 42.5. The van der Waals surface area contributed by atoms with E-state index in [2.05, 4.69) is 36.8 Å². The smallest absolute Gasteiger partial charge is 0.412 e. The van der Waals surface area contributed by atoms with E-state index in [-0.39, 0.29) is 35.5 Å². The minimum atomic E-state index is -0.594. The molecule has 14 nitrogen and oxygen atoms in total. The molecule has 0 fully saturated rings. The number of thioether (sulfide) groups is 2. The highest BCUT2D eigenvalue weighted by Crippen LogP contribution is 2.21. The van der Waals surface area contributed by atoms with Crippen LogP contribution in [0.4, 0.5) is 26.1 Å². The van der Waals surface area contributed by atoms with Crippen molar-refractivity contribution >= 4 is 75.4 Å². The van der Waals surface area contributed by atoms with Gasteiger partial charge >= 0.3 is 12.2 Å². The van der Waals surface area contributed by atoms with Crippen molar-refractivity contribution in [2.45, 2.75) is 89.3 Å². The number of aromatic nitrogens is 2. The maximum absolute atomic E-state index is 12.7. The van der Waals surface area contributed by atoms with Gasteiger partial charge in [-0.1, -0.05) is 35.6 Å². The summed E-state index contributed by atoms with van der Waals surface area (Å²) in [5.41, 5.74) is 7.55. The summed E-state index contributed by atoms with van der Waals surface area (Å²) in [6.45, 7) is 10.8. The predicted molar refractivity (Wildman–Crippen MR) is 211 cm³/mol. The molecule has 4 amide bonds. The Kier molecular flexibility index (Phi) is 16.7. The first-order chi connectivity index (χ1) is 24.5. The summed E-state index contributed by atoms with van der Waals surface area (Å²) >= 11 is 4.54. The first-order valence-corrected chi connectivity index (χ1v) is 19.6. The molecule has 3 rings (SSSR count). The van der Waals surface area contributed by atoms with Gasteiger partial charge in [0.25, 0.3) is 0 Å². The van der Waals surface area contributed by atoms with Gasteiger partial charge in [0.1, 0.15) is 21.7 Å². The number of hydrogen-bond donors (Lipinski definition) is 6. The summed E-state index contributed by atoms with van der Waals surface area (Å²) in [4.78, 5) is 49.2. The standard InChI is InChI=1S/C35H50N8O6S3/c1-34(2,3)48-32(46)38-24-12-8-22(9-13-24)20-27(44)40-30(37-7)51-26(36)16-18-50-19-17-29-42-43-31(52-29)41-28(45)21-23-10-14-25(15-11-23)39-33(47)49-35(4,5)6/h8-15,26,30,37H,16-21,36H2,1-7H3,(H,38,46)(H,39,47)(H,40,44)(H,41,43,45).